The lowest BCUT2D eigenvalue weighted by molar-refractivity contribution is -0.144. The number of nitrogens with two attached hydrogens (primary N) is 2. The van der Waals surface area contributed by atoms with Crippen LogP contribution in [0.2, 0.25) is 0 Å². The first kappa shape index (κ1) is 13.3. The molecule has 0 heterocycles. The van der Waals surface area contributed by atoms with Gasteiger partial charge in [-0.25, -0.2) is 4.79 Å². The highest BCUT2D eigenvalue weighted by atomic mass is 16.4. The summed E-state index contributed by atoms with van der Waals surface area (Å²) in [4.78, 5) is 34.7. The van der Waals surface area contributed by atoms with E-state index in [1.807, 2.05) is 0 Å². The zero-order valence-corrected chi connectivity index (χ0v) is 8.27. The van der Waals surface area contributed by atoms with Crippen molar-refractivity contribution in [3.63, 3.8) is 0 Å². The molecule has 0 aromatic rings. The summed E-state index contributed by atoms with van der Waals surface area (Å²) in [5.74, 6) is -2.17. The van der Waals surface area contributed by atoms with Gasteiger partial charge in [-0.3, -0.25) is 9.59 Å². The number of rotatable bonds is 6. The lowest BCUT2D eigenvalue weighted by Crippen LogP contribution is -2.51. The number of carboxylic acid groups (broad SMARTS) is 1. The summed E-state index contributed by atoms with van der Waals surface area (Å²) in [5, 5.41) is 8.81. The van der Waals surface area contributed by atoms with Gasteiger partial charge in [0.2, 0.25) is 12.0 Å². The van der Waals surface area contributed by atoms with Crippen molar-refractivity contribution in [2.24, 2.45) is 16.5 Å². The summed E-state index contributed by atoms with van der Waals surface area (Å²) < 4.78 is 0. The van der Waals surface area contributed by atoms with Crippen molar-refractivity contribution in [3.05, 3.63) is 0 Å². The first-order chi connectivity index (χ1) is 6.87. The highest BCUT2D eigenvalue weighted by Gasteiger charge is 2.36. The maximum atomic E-state index is 10.8. The fraction of sp³-hybridized carbons (Fsp3) is 0.625. The Labute approximate surface area is 86.1 Å². The third kappa shape index (κ3) is 3.49. The summed E-state index contributed by atoms with van der Waals surface area (Å²) in [6, 6.07) is -1.25. The molecule has 0 aliphatic heterocycles. The lowest BCUT2D eigenvalue weighted by atomic mass is 9.89. The first-order valence-electron chi connectivity index (χ1n) is 4.26. The maximum Gasteiger partial charge on any atom is 0.323 e. The molecule has 0 aliphatic rings. The van der Waals surface area contributed by atoms with E-state index in [4.69, 9.17) is 16.6 Å². The molecule has 1 unspecified atom stereocenters. The Hall–Kier alpha value is -1.72. The number of primary amides is 1. The number of hydrogen-bond acceptors (Lipinski definition) is 5. The molecule has 2 atom stereocenters. The highest BCUT2D eigenvalue weighted by Crippen LogP contribution is 2.16. The van der Waals surface area contributed by atoms with Gasteiger partial charge >= 0.3 is 5.97 Å². The average Bonchev–Trinajstić information content (AvgIpc) is 2.16. The van der Waals surface area contributed by atoms with Crippen molar-refractivity contribution in [2.45, 2.75) is 31.3 Å². The van der Waals surface area contributed by atoms with Crippen molar-refractivity contribution in [2.75, 3.05) is 0 Å². The monoisotopic (exact) mass is 215 g/mol. The van der Waals surface area contributed by atoms with Crippen LogP contribution in [0.15, 0.2) is 4.99 Å². The third-order valence-electron chi connectivity index (χ3n) is 2.15. The molecule has 0 saturated heterocycles. The minimum absolute atomic E-state index is 0.0977. The second-order valence-corrected chi connectivity index (χ2v) is 3.16. The highest BCUT2D eigenvalue weighted by molar-refractivity contribution is 5.84. The van der Waals surface area contributed by atoms with Crippen molar-refractivity contribution in [1.29, 1.82) is 0 Å². The molecule has 0 rings (SSSR count). The molecule has 7 heteroatoms. The molecule has 0 saturated carbocycles. The molecule has 0 fully saturated rings. The van der Waals surface area contributed by atoms with E-state index in [2.05, 4.69) is 4.99 Å². The number of aliphatic imine (C=N–C) groups is 1. The van der Waals surface area contributed by atoms with Gasteiger partial charge in [-0.15, -0.1) is 0 Å². The predicted molar refractivity (Wildman–Crippen MR) is 50.6 cm³/mol. The number of carbonyl (C=O) groups excluding carboxylic acids is 2. The van der Waals surface area contributed by atoms with E-state index in [9.17, 15) is 14.4 Å². The molecule has 5 N–H and O–H groups in total. The van der Waals surface area contributed by atoms with Crippen LogP contribution in [-0.2, 0) is 14.4 Å². The van der Waals surface area contributed by atoms with Crippen molar-refractivity contribution in [1.82, 2.24) is 0 Å². The Morgan fingerprint density at radius 3 is 2.40 bits per heavy atom. The van der Waals surface area contributed by atoms with Crippen molar-refractivity contribution in [3.8, 4) is 0 Å². The SMILES string of the molecule is CCC(N)(C[C@H](N=C=O)C(N)=O)C(=O)O. The van der Waals surface area contributed by atoms with Crippen LogP contribution in [0.25, 0.3) is 0 Å². The molecule has 15 heavy (non-hydrogen) atoms. The Morgan fingerprint density at radius 1 is 1.60 bits per heavy atom. The number of nitrogens with zero attached hydrogens (tertiary/aromatic N) is 1. The number of carbonyl (C=O) groups is 2. The molecule has 0 bridgehead atoms. The fourth-order valence-electron chi connectivity index (χ4n) is 1.00. The molecule has 1 amide bonds. The van der Waals surface area contributed by atoms with E-state index in [0.717, 1.165) is 6.08 Å². The number of hydrogen-bond donors (Lipinski definition) is 3. The number of aliphatic carboxylic acids is 1. The van der Waals surface area contributed by atoms with E-state index in [0.29, 0.717) is 0 Å². The van der Waals surface area contributed by atoms with E-state index < -0.39 is 23.5 Å². The molecule has 0 aliphatic carbocycles. The zero-order valence-electron chi connectivity index (χ0n) is 8.27. The lowest BCUT2D eigenvalue weighted by Gasteiger charge is -2.24. The predicted octanol–water partition coefficient (Wildman–Crippen LogP) is -1.24. The summed E-state index contributed by atoms with van der Waals surface area (Å²) >= 11 is 0. The fourth-order valence-corrected chi connectivity index (χ4v) is 1.00. The zero-order chi connectivity index (χ0) is 12.1. The molecule has 7 nitrogen and oxygen atoms in total. The van der Waals surface area contributed by atoms with Gasteiger partial charge in [-0.1, -0.05) is 6.92 Å². The standard InChI is InChI=1S/C8H13N3O4/c1-2-8(10,7(14)15)3-5(6(9)13)11-4-12/h5H,2-3,10H2,1H3,(H2,9,13)(H,14,15)/t5-,8?/m0/s1. The van der Waals surface area contributed by atoms with Gasteiger partial charge in [0.05, 0.1) is 0 Å². The van der Waals surface area contributed by atoms with E-state index >= 15 is 0 Å². The molecule has 84 valence electrons. The molecule has 0 aromatic carbocycles. The average molecular weight is 215 g/mol. The maximum absolute atomic E-state index is 10.8. The van der Waals surface area contributed by atoms with Crippen LogP contribution in [0.1, 0.15) is 19.8 Å². The Bertz CT molecular complexity index is 309. The molecule has 0 spiro atoms. The molecule has 0 radical (unpaired) electrons. The first-order valence-corrected chi connectivity index (χ1v) is 4.26. The van der Waals surface area contributed by atoms with E-state index in [1.165, 1.54) is 0 Å². The topological polar surface area (TPSA) is 136 Å². The van der Waals surface area contributed by atoms with Crippen LogP contribution in [0, 0.1) is 0 Å². The van der Waals surface area contributed by atoms with Crippen molar-refractivity contribution < 1.29 is 19.5 Å². The molecular weight excluding hydrogens is 202 g/mol. The van der Waals surface area contributed by atoms with Crippen LogP contribution < -0.4 is 11.5 Å². The third-order valence-corrected chi connectivity index (χ3v) is 2.15. The Morgan fingerprint density at radius 2 is 2.13 bits per heavy atom. The smallest absolute Gasteiger partial charge is 0.323 e. The number of carboxylic acids is 1. The molecular formula is C8H13N3O4. The van der Waals surface area contributed by atoms with Crippen LogP contribution in [0.5, 0.6) is 0 Å². The van der Waals surface area contributed by atoms with Crippen LogP contribution in [0.3, 0.4) is 0 Å². The summed E-state index contributed by atoms with van der Waals surface area (Å²) in [6.45, 7) is 1.55. The summed E-state index contributed by atoms with van der Waals surface area (Å²) in [7, 11) is 0. The van der Waals surface area contributed by atoms with Crippen LogP contribution in [-0.4, -0.2) is 34.6 Å². The molecule has 0 aromatic heterocycles. The number of isocyanates is 1. The summed E-state index contributed by atoms with van der Waals surface area (Å²) in [6.07, 6.45) is 0.942. The van der Waals surface area contributed by atoms with Gasteiger partial charge in [0.15, 0.2) is 0 Å². The van der Waals surface area contributed by atoms with E-state index in [1.54, 1.807) is 6.92 Å². The van der Waals surface area contributed by atoms with Gasteiger partial charge in [-0.05, 0) is 6.42 Å². The van der Waals surface area contributed by atoms with Gasteiger partial charge < -0.3 is 16.6 Å². The van der Waals surface area contributed by atoms with E-state index in [-0.39, 0.29) is 12.8 Å². The largest absolute Gasteiger partial charge is 0.480 e. The minimum atomic E-state index is -1.61. The normalized spacial score (nSPS) is 15.9. The second-order valence-electron chi connectivity index (χ2n) is 3.16. The van der Waals surface area contributed by atoms with Crippen LogP contribution >= 0.6 is 0 Å². The Balaban J connectivity index is 4.85. The van der Waals surface area contributed by atoms with Crippen molar-refractivity contribution >= 4 is 18.0 Å². The number of amides is 1. The van der Waals surface area contributed by atoms with Gasteiger partial charge in [0.25, 0.3) is 0 Å². The quantitative estimate of drug-likeness (QED) is 0.376. The minimum Gasteiger partial charge on any atom is -0.480 e. The van der Waals surface area contributed by atoms with Gasteiger partial charge in [0.1, 0.15) is 11.6 Å². The second kappa shape index (κ2) is 5.23. The van der Waals surface area contributed by atoms with Gasteiger partial charge in [-0.2, -0.15) is 4.99 Å². The van der Waals surface area contributed by atoms with Gasteiger partial charge in [0, 0.05) is 6.42 Å². The van der Waals surface area contributed by atoms with Crippen LogP contribution in [0.4, 0.5) is 0 Å². The summed E-state index contributed by atoms with van der Waals surface area (Å²) in [5.41, 5.74) is 8.83. The Kier molecular flexibility index (Phi) is 4.63.